The fourth-order valence-electron chi connectivity index (χ4n) is 3.48. The molecule has 29 heavy (non-hydrogen) atoms. The number of hydrogen-bond acceptors (Lipinski definition) is 4. The van der Waals surface area contributed by atoms with Crippen molar-refractivity contribution in [2.45, 2.75) is 13.8 Å². The van der Waals surface area contributed by atoms with Gasteiger partial charge in [0.15, 0.2) is 5.69 Å². The second-order valence-corrected chi connectivity index (χ2v) is 7.97. The second kappa shape index (κ2) is 8.05. The van der Waals surface area contributed by atoms with E-state index in [-0.39, 0.29) is 5.91 Å². The van der Waals surface area contributed by atoms with Crippen LogP contribution in [0.2, 0.25) is 10.0 Å². The van der Waals surface area contributed by atoms with Crippen molar-refractivity contribution in [3.8, 4) is 5.69 Å². The Morgan fingerprint density at radius 1 is 0.966 bits per heavy atom. The molecule has 0 atom stereocenters. The molecule has 6 nitrogen and oxygen atoms in total. The van der Waals surface area contributed by atoms with E-state index in [9.17, 15) is 4.79 Å². The van der Waals surface area contributed by atoms with Gasteiger partial charge in [-0.25, -0.2) is 4.68 Å². The van der Waals surface area contributed by atoms with Crippen molar-refractivity contribution >= 4 is 34.8 Å². The van der Waals surface area contributed by atoms with Crippen LogP contribution in [0.15, 0.2) is 42.5 Å². The van der Waals surface area contributed by atoms with E-state index >= 15 is 0 Å². The van der Waals surface area contributed by atoms with Crippen molar-refractivity contribution in [3.05, 3.63) is 69.5 Å². The summed E-state index contributed by atoms with van der Waals surface area (Å²) in [5, 5.41) is 9.70. The van der Waals surface area contributed by atoms with Crippen molar-refractivity contribution in [1.82, 2.24) is 19.9 Å². The first-order valence-corrected chi connectivity index (χ1v) is 10.2. The zero-order valence-corrected chi connectivity index (χ0v) is 17.8. The summed E-state index contributed by atoms with van der Waals surface area (Å²) in [5.74, 6) is -0.0993. The number of aryl methyl sites for hydroxylation is 1. The summed E-state index contributed by atoms with van der Waals surface area (Å²) in [6.45, 7) is 6.52. The minimum atomic E-state index is -0.0993. The largest absolute Gasteiger partial charge is 0.368 e. The molecule has 0 aliphatic carbocycles. The number of amides is 1. The molecule has 0 N–H and O–H groups in total. The fraction of sp³-hybridized carbons (Fsp3) is 0.286. The fourth-order valence-corrected chi connectivity index (χ4v) is 3.84. The Morgan fingerprint density at radius 2 is 1.72 bits per heavy atom. The Morgan fingerprint density at radius 3 is 2.41 bits per heavy atom. The molecule has 1 fully saturated rings. The maximum absolute atomic E-state index is 13.0. The summed E-state index contributed by atoms with van der Waals surface area (Å²) in [6, 6.07) is 13.5. The molecule has 0 saturated carbocycles. The molecular weight excluding hydrogens is 409 g/mol. The van der Waals surface area contributed by atoms with Crippen LogP contribution in [-0.2, 0) is 0 Å². The molecule has 0 spiro atoms. The van der Waals surface area contributed by atoms with Gasteiger partial charge >= 0.3 is 0 Å². The zero-order chi connectivity index (χ0) is 20.5. The predicted octanol–water partition coefficient (Wildman–Crippen LogP) is 4.15. The van der Waals surface area contributed by atoms with Gasteiger partial charge in [0, 0.05) is 41.9 Å². The van der Waals surface area contributed by atoms with Gasteiger partial charge in [-0.3, -0.25) is 4.79 Å². The first-order chi connectivity index (χ1) is 13.9. The quantitative estimate of drug-likeness (QED) is 0.627. The van der Waals surface area contributed by atoms with Gasteiger partial charge in [0.05, 0.1) is 11.4 Å². The van der Waals surface area contributed by atoms with Gasteiger partial charge in [-0.05, 0) is 49.7 Å². The van der Waals surface area contributed by atoms with Crippen LogP contribution >= 0.6 is 23.2 Å². The van der Waals surface area contributed by atoms with Crippen molar-refractivity contribution in [3.63, 3.8) is 0 Å². The van der Waals surface area contributed by atoms with Crippen LogP contribution in [0, 0.1) is 13.8 Å². The molecule has 4 rings (SSSR count). The van der Waals surface area contributed by atoms with Gasteiger partial charge < -0.3 is 9.80 Å². The highest BCUT2D eigenvalue weighted by atomic mass is 35.5. The molecule has 1 aliphatic rings. The van der Waals surface area contributed by atoms with Crippen LogP contribution in [0.4, 0.5) is 5.69 Å². The molecule has 150 valence electrons. The molecule has 1 aromatic heterocycles. The third-order valence-corrected chi connectivity index (χ3v) is 5.88. The highest BCUT2D eigenvalue weighted by Gasteiger charge is 2.26. The van der Waals surface area contributed by atoms with Gasteiger partial charge in [0.25, 0.3) is 5.91 Å². The lowest BCUT2D eigenvalue weighted by molar-refractivity contribution is 0.0740. The van der Waals surface area contributed by atoms with Crippen LogP contribution in [0.3, 0.4) is 0 Å². The number of nitrogens with zero attached hydrogens (tertiary/aromatic N) is 5. The van der Waals surface area contributed by atoms with E-state index in [4.69, 9.17) is 23.2 Å². The average Bonchev–Trinajstić information content (AvgIpc) is 3.11. The summed E-state index contributed by atoms with van der Waals surface area (Å²) in [6.07, 6.45) is 0. The van der Waals surface area contributed by atoms with Crippen molar-refractivity contribution in [1.29, 1.82) is 0 Å². The third-order valence-electron chi connectivity index (χ3n) is 5.24. The Bertz CT molecular complexity index is 1060. The number of piperazine rings is 1. The first-order valence-electron chi connectivity index (χ1n) is 9.42. The lowest BCUT2D eigenvalue weighted by atomic mass is 10.2. The smallest absolute Gasteiger partial charge is 0.276 e. The molecule has 0 unspecified atom stereocenters. The lowest BCUT2D eigenvalue weighted by Crippen LogP contribution is -2.49. The normalized spacial score (nSPS) is 14.3. The molecule has 8 heteroatoms. The number of carbonyl (C=O) groups is 1. The summed E-state index contributed by atoms with van der Waals surface area (Å²) in [4.78, 5) is 17.1. The van der Waals surface area contributed by atoms with Crippen LogP contribution in [0.5, 0.6) is 0 Å². The maximum atomic E-state index is 13.0. The third kappa shape index (κ3) is 3.95. The molecular formula is C21H21Cl2N5O. The zero-order valence-electron chi connectivity index (χ0n) is 16.3. The summed E-state index contributed by atoms with van der Waals surface area (Å²) in [5.41, 5.74) is 3.92. The standard InChI is InChI=1S/C21H21Cl2N5O/c1-14-6-7-18(13-19(14)23)28-15(2)20(24-25-28)21(29)27-10-8-26(9-11-27)17-5-3-4-16(22)12-17/h3-7,12-13H,8-11H2,1-2H3. The van der Waals surface area contributed by atoms with Gasteiger partial charge in [-0.1, -0.05) is 40.5 Å². The predicted molar refractivity (Wildman–Crippen MR) is 115 cm³/mol. The minimum Gasteiger partial charge on any atom is -0.368 e. The summed E-state index contributed by atoms with van der Waals surface area (Å²) >= 11 is 12.3. The number of anilines is 1. The Labute approximate surface area is 179 Å². The molecule has 1 saturated heterocycles. The molecule has 0 radical (unpaired) electrons. The minimum absolute atomic E-state index is 0.0993. The lowest BCUT2D eigenvalue weighted by Gasteiger charge is -2.35. The number of aromatic nitrogens is 3. The van der Waals surface area contributed by atoms with Crippen molar-refractivity contribution in [2.75, 3.05) is 31.1 Å². The Hall–Kier alpha value is -2.57. The number of rotatable bonds is 3. The Balaban J connectivity index is 1.48. The monoisotopic (exact) mass is 429 g/mol. The van der Waals surface area contributed by atoms with Gasteiger partial charge in [-0.15, -0.1) is 5.10 Å². The second-order valence-electron chi connectivity index (χ2n) is 7.13. The molecule has 0 bridgehead atoms. The number of hydrogen-bond donors (Lipinski definition) is 0. The first kappa shape index (κ1) is 19.7. The number of benzene rings is 2. The van der Waals surface area contributed by atoms with Crippen molar-refractivity contribution in [2.24, 2.45) is 0 Å². The van der Waals surface area contributed by atoms with Crippen LogP contribution in [0.1, 0.15) is 21.7 Å². The molecule has 3 aromatic rings. The molecule has 1 aliphatic heterocycles. The SMILES string of the molecule is Cc1ccc(-n2nnc(C(=O)N3CCN(c4cccc(Cl)c4)CC3)c2C)cc1Cl. The number of halogens is 2. The van der Waals surface area contributed by atoms with Crippen LogP contribution in [-0.4, -0.2) is 52.0 Å². The number of carbonyl (C=O) groups excluding carboxylic acids is 1. The highest BCUT2D eigenvalue weighted by Crippen LogP contribution is 2.23. The van der Waals surface area contributed by atoms with E-state index < -0.39 is 0 Å². The average molecular weight is 430 g/mol. The van der Waals surface area contributed by atoms with E-state index in [1.165, 1.54) is 0 Å². The van der Waals surface area contributed by atoms with E-state index in [1.807, 2.05) is 61.2 Å². The molecule has 2 heterocycles. The van der Waals surface area contributed by atoms with Gasteiger partial charge in [0.2, 0.25) is 0 Å². The Kier molecular flexibility index (Phi) is 5.48. The van der Waals surface area contributed by atoms with Gasteiger partial charge in [0.1, 0.15) is 0 Å². The maximum Gasteiger partial charge on any atom is 0.276 e. The van der Waals surface area contributed by atoms with E-state index in [1.54, 1.807) is 4.68 Å². The van der Waals surface area contributed by atoms with E-state index in [0.29, 0.717) is 34.5 Å². The molecule has 2 aromatic carbocycles. The van der Waals surface area contributed by atoms with Gasteiger partial charge in [-0.2, -0.15) is 0 Å². The van der Waals surface area contributed by atoms with E-state index in [0.717, 1.165) is 30.0 Å². The highest BCUT2D eigenvalue weighted by molar-refractivity contribution is 6.31. The van der Waals surface area contributed by atoms with Crippen LogP contribution < -0.4 is 4.90 Å². The topological polar surface area (TPSA) is 54.3 Å². The summed E-state index contributed by atoms with van der Waals surface area (Å²) in [7, 11) is 0. The van der Waals surface area contributed by atoms with Crippen LogP contribution in [0.25, 0.3) is 5.69 Å². The van der Waals surface area contributed by atoms with Crippen molar-refractivity contribution < 1.29 is 4.79 Å². The molecule has 1 amide bonds. The van der Waals surface area contributed by atoms with E-state index in [2.05, 4.69) is 15.2 Å². The summed E-state index contributed by atoms with van der Waals surface area (Å²) < 4.78 is 1.65.